The summed E-state index contributed by atoms with van der Waals surface area (Å²) in [6, 6.07) is 6.53. The summed E-state index contributed by atoms with van der Waals surface area (Å²) >= 11 is 5.37. The Balaban J connectivity index is 0.000000377. The van der Waals surface area contributed by atoms with Crippen LogP contribution in [0.2, 0.25) is 0 Å². The molecule has 208 valence electrons. The van der Waals surface area contributed by atoms with Gasteiger partial charge in [0, 0.05) is 32.9 Å². The number of alkyl halides is 1. The van der Waals surface area contributed by atoms with Gasteiger partial charge in [-0.3, -0.25) is 19.3 Å². The topological polar surface area (TPSA) is 159 Å². The van der Waals surface area contributed by atoms with Crippen LogP contribution in [0.4, 0.5) is 0 Å². The number of amides is 3. The molecule has 1 heterocycles. The predicted octanol–water partition coefficient (Wildman–Crippen LogP) is 1.76. The summed E-state index contributed by atoms with van der Waals surface area (Å²) in [5.74, 6) is -1.47. The van der Waals surface area contributed by atoms with Gasteiger partial charge in [-0.1, -0.05) is 26.0 Å². The van der Waals surface area contributed by atoms with E-state index < -0.39 is 37.6 Å². The van der Waals surface area contributed by atoms with Crippen LogP contribution in [-0.2, 0) is 24.7 Å². The van der Waals surface area contributed by atoms with Crippen LogP contribution in [0.25, 0.3) is 0 Å². The van der Waals surface area contributed by atoms with E-state index in [4.69, 9.17) is 11.6 Å². The van der Waals surface area contributed by atoms with Crippen molar-refractivity contribution in [3.05, 3.63) is 40.3 Å². The zero-order valence-corrected chi connectivity index (χ0v) is 23.7. The zero-order chi connectivity index (χ0) is 28.4. The molecule has 0 aliphatic carbocycles. The molecule has 15 heteroatoms. The molecule has 2 rings (SSSR count). The lowest BCUT2D eigenvalue weighted by Crippen LogP contribution is -2.35. The smallest absolute Gasteiger partial charge is 0.261 e. The van der Waals surface area contributed by atoms with Crippen molar-refractivity contribution in [3.8, 4) is 0 Å². The number of imide groups is 1. The van der Waals surface area contributed by atoms with Crippen LogP contribution >= 0.6 is 11.6 Å². The molecule has 1 aromatic rings. The van der Waals surface area contributed by atoms with Crippen LogP contribution in [0.1, 0.15) is 47.4 Å². The van der Waals surface area contributed by atoms with Crippen LogP contribution < -0.4 is 0 Å². The predicted molar refractivity (Wildman–Crippen MR) is 140 cm³/mol. The first-order valence-corrected chi connectivity index (χ1v) is 15.4. The maximum atomic E-state index is 12.1. The van der Waals surface area contributed by atoms with Crippen LogP contribution in [-0.4, -0.2) is 99.1 Å². The molecule has 0 radical (unpaired) electrons. The van der Waals surface area contributed by atoms with Crippen molar-refractivity contribution in [1.82, 2.24) is 14.2 Å². The van der Waals surface area contributed by atoms with Crippen molar-refractivity contribution in [2.45, 2.75) is 26.7 Å². The molecule has 0 aromatic heterocycles. The first-order chi connectivity index (χ1) is 17.2. The summed E-state index contributed by atoms with van der Waals surface area (Å²) in [4.78, 5) is 46.8. The minimum Gasteiger partial charge on any atom is -0.273 e. The van der Waals surface area contributed by atoms with E-state index in [1.165, 1.54) is 14.1 Å². The van der Waals surface area contributed by atoms with E-state index in [2.05, 4.69) is 5.29 Å². The molecule has 0 spiro atoms. The van der Waals surface area contributed by atoms with E-state index >= 15 is 0 Å². The molecule has 3 amide bonds. The Kier molecular flexibility index (Phi) is 12.8. The maximum absolute atomic E-state index is 12.1. The largest absolute Gasteiger partial charge is 0.273 e. The van der Waals surface area contributed by atoms with Crippen LogP contribution in [0.15, 0.2) is 29.6 Å². The highest BCUT2D eigenvalue weighted by Crippen LogP contribution is 2.22. The molecule has 0 N–H and O–H groups in total. The van der Waals surface area contributed by atoms with Crippen molar-refractivity contribution in [3.63, 3.8) is 0 Å². The number of fused-ring (bicyclic) bond motifs is 1. The van der Waals surface area contributed by atoms with Crippen LogP contribution in [0.3, 0.4) is 0 Å². The average molecular weight is 581 g/mol. The fourth-order valence-corrected chi connectivity index (χ4v) is 5.95. The van der Waals surface area contributed by atoms with Gasteiger partial charge in [-0.15, -0.1) is 16.5 Å². The molecule has 0 unspecified atom stereocenters. The Morgan fingerprint density at radius 1 is 1.03 bits per heavy atom. The van der Waals surface area contributed by atoms with Crippen molar-refractivity contribution < 1.29 is 31.2 Å². The summed E-state index contributed by atoms with van der Waals surface area (Å²) in [5, 5.41) is 3.22. The van der Waals surface area contributed by atoms with Gasteiger partial charge in [0.25, 0.3) is 11.8 Å². The van der Waals surface area contributed by atoms with E-state index in [1.54, 1.807) is 24.3 Å². The van der Waals surface area contributed by atoms with Crippen molar-refractivity contribution in [1.29, 1.82) is 0 Å². The second-order valence-electron chi connectivity index (χ2n) is 8.81. The van der Waals surface area contributed by atoms with Gasteiger partial charge in [-0.2, -0.15) is 5.01 Å². The summed E-state index contributed by atoms with van der Waals surface area (Å²) in [5.41, 5.74) is 0.692. The van der Waals surface area contributed by atoms with Gasteiger partial charge in [0.2, 0.25) is 15.9 Å². The fraction of sp³-hybridized carbons (Fsp3) is 0.591. The molecule has 0 fully saturated rings. The van der Waals surface area contributed by atoms with Crippen molar-refractivity contribution in [2.24, 2.45) is 11.2 Å². The first-order valence-electron chi connectivity index (χ1n) is 11.4. The maximum Gasteiger partial charge on any atom is 0.261 e. The normalized spacial score (nSPS) is 13.4. The Morgan fingerprint density at radius 3 is 2.00 bits per heavy atom. The average Bonchev–Trinajstić information content (AvgIpc) is 3.05. The lowest BCUT2D eigenvalue weighted by Gasteiger charge is -2.14. The molecule has 0 saturated carbocycles. The summed E-state index contributed by atoms with van der Waals surface area (Å²) in [6.07, 6.45) is 0.101. The van der Waals surface area contributed by atoms with Gasteiger partial charge in [-0.25, -0.2) is 21.1 Å². The Hall–Kier alpha value is -2.42. The number of halogens is 1. The van der Waals surface area contributed by atoms with E-state index in [0.29, 0.717) is 16.1 Å². The highest BCUT2D eigenvalue weighted by Gasteiger charge is 2.35. The number of hydrogen-bond donors (Lipinski definition) is 0. The number of nitroso groups, excluding NO2 is 1. The standard InChI is InChI=1S/C14H17NO4S.C8H16ClN3O4S/c1-10(2)9-20(18,19)8-7-15-13(16)11-5-3-4-6-12(11)14(15)17;1-11(2)17(15,16)7-3-4-8(13)12(10-14)6-5-9/h3-6,10H,7-9H2,1-2H3;3-7H2,1-2H3. The Labute approximate surface area is 222 Å². The molecule has 0 atom stereocenters. The van der Waals surface area contributed by atoms with Gasteiger partial charge in [0.1, 0.15) is 0 Å². The van der Waals surface area contributed by atoms with E-state index in [9.17, 15) is 36.1 Å². The number of carbonyl (C=O) groups excluding carboxylic acids is 3. The Bertz CT molecular complexity index is 1150. The van der Waals surface area contributed by atoms with E-state index in [0.717, 1.165) is 9.21 Å². The molecule has 0 saturated heterocycles. The molecule has 1 aliphatic heterocycles. The number of benzene rings is 1. The fourth-order valence-electron chi connectivity index (χ4n) is 3.27. The monoisotopic (exact) mass is 580 g/mol. The highest BCUT2D eigenvalue weighted by molar-refractivity contribution is 7.91. The molecule has 0 bridgehead atoms. The number of nitrogens with zero attached hydrogens (tertiary/aromatic N) is 4. The number of carbonyl (C=O) groups is 3. The second-order valence-corrected chi connectivity index (χ2v) is 13.7. The van der Waals surface area contributed by atoms with Crippen molar-refractivity contribution >= 4 is 49.2 Å². The minimum absolute atomic E-state index is 0.0298. The summed E-state index contributed by atoms with van der Waals surface area (Å²) in [6.45, 7) is 3.59. The molecule has 1 aliphatic rings. The van der Waals surface area contributed by atoms with Gasteiger partial charge in [-0.05, 0) is 24.5 Å². The minimum atomic E-state index is -3.31. The SMILES string of the molecule is CC(C)CS(=O)(=O)CCN1C(=O)c2ccccc2C1=O.CN(C)S(=O)(=O)CCCC(=O)N(CCCl)N=O. The summed E-state index contributed by atoms with van der Waals surface area (Å²) < 4.78 is 47.5. The number of rotatable bonds is 13. The molecular weight excluding hydrogens is 548 g/mol. The van der Waals surface area contributed by atoms with E-state index in [1.807, 2.05) is 13.8 Å². The third kappa shape index (κ3) is 10.1. The first kappa shape index (κ1) is 32.6. The second kappa shape index (κ2) is 14.5. The Morgan fingerprint density at radius 2 is 1.57 bits per heavy atom. The lowest BCUT2D eigenvalue weighted by atomic mass is 10.1. The van der Waals surface area contributed by atoms with Crippen LogP contribution in [0, 0.1) is 10.8 Å². The highest BCUT2D eigenvalue weighted by atomic mass is 35.5. The number of hydrogen-bond acceptors (Lipinski definition) is 9. The summed E-state index contributed by atoms with van der Waals surface area (Å²) in [7, 11) is -3.72. The third-order valence-electron chi connectivity index (χ3n) is 5.12. The van der Waals surface area contributed by atoms with Gasteiger partial charge >= 0.3 is 0 Å². The molecule has 37 heavy (non-hydrogen) atoms. The van der Waals surface area contributed by atoms with Crippen molar-refractivity contribution in [2.75, 3.05) is 50.3 Å². The molecule has 12 nitrogen and oxygen atoms in total. The third-order valence-corrected chi connectivity index (χ3v) is 9.19. The molecule has 1 aromatic carbocycles. The number of sulfonamides is 1. The number of sulfone groups is 1. The quantitative estimate of drug-likeness (QED) is 0.148. The van der Waals surface area contributed by atoms with Gasteiger partial charge < -0.3 is 0 Å². The zero-order valence-electron chi connectivity index (χ0n) is 21.3. The molecular formula is C22H33ClN4O8S2. The van der Waals surface area contributed by atoms with Crippen LogP contribution in [0.5, 0.6) is 0 Å². The lowest BCUT2D eigenvalue weighted by molar-refractivity contribution is -0.131. The van der Waals surface area contributed by atoms with Gasteiger partial charge in [0.05, 0.1) is 40.2 Å². The van der Waals surface area contributed by atoms with E-state index in [-0.39, 0.29) is 55.0 Å². The van der Waals surface area contributed by atoms with Gasteiger partial charge in [0.15, 0.2) is 9.84 Å².